The van der Waals surface area contributed by atoms with Crippen LogP contribution in [0.2, 0.25) is 0 Å². The number of ether oxygens (including phenoxy) is 6. The van der Waals surface area contributed by atoms with Gasteiger partial charge in [-0.15, -0.1) is 12.1 Å². The number of hydrogen-bond donors (Lipinski definition) is 0. The summed E-state index contributed by atoms with van der Waals surface area (Å²) in [4.78, 5) is 0. The Morgan fingerprint density at radius 1 is 0.565 bits per heavy atom. The Labute approximate surface area is 149 Å². The van der Waals surface area contributed by atoms with Gasteiger partial charge in [-0.25, -0.2) is 0 Å². The molecular weight excluding hydrogens is 295 g/mol. The molecule has 1 heterocycles. The Bertz CT molecular complexity index is 371. The predicted octanol–water partition coefficient (Wildman–Crippen LogP) is -1.67. The van der Waals surface area contributed by atoms with Crippen LogP contribution in [-0.2, 0) is 18.9 Å². The van der Waals surface area contributed by atoms with E-state index in [2.05, 4.69) is 6.07 Å². The van der Waals surface area contributed by atoms with Gasteiger partial charge in [0.25, 0.3) is 0 Å². The number of benzene rings is 1. The van der Waals surface area contributed by atoms with Crippen LogP contribution in [0, 0.1) is 6.07 Å². The van der Waals surface area contributed by atoms with Gasteiger partial charge in [0.2, 0.25) is 0 Å². The van der Waals surface area contributed by atoms with Crippen molar-refractivity contribution in [2.75, 3.05) is 66.1 Å². The fourth-order valence-corrected chi connectivity index (χ4v) is 1.78. The first-order valence-corrected chi connectivity index (χ1v) is 7.54. The third kappa shape index (κ3) is 9.87. The maximum Gasteiger partial charge on any atom is 1.00 e. The smallest absolute Gasteiger partial charge is 0.517 e. The summed E-state index contributed by atoms with van der Waals surface area (Å²) in [6.45, 7) is 5.24. The molecule has 1 aliphatic rings. The van der Waals surface area contributed by atoms with Crippen molar-refractivity contribution in [1.82, 2.24) is 0 Å². The maximum absolute atomic E-state index is 5.56. The van der Waals surface area contributed by atoms with Crippen molar-refractivity contribution in [3.8, 4) is 11.5 Å². The normalized spacial score (nSPS) is 19.0. The van der Waals surface area contributed by atoms with Gasteiger partial charge < -0.3 is 28.4 Å². The molecule has 0 radical (unpaired) electrons. The van der Waals surface area contributed by atoms with E-state index in [4.69, 9.17) is 28.4 Å². The standard InChI is InChI=1S/C16H23O6.Li/c1-2-15-14-16(3-1)22-13-11-20-9-7-18-5-4-17-6-8-19-10-12-21-15;/h1-3H,4-13H2;/q-1;+1. The number of hydrogen-bond acceptors (Lipinski definition) is 6. The summed E-state index contributed by atoms with van der Waals surface area (Å²) < 4.78 is 32.7. The first-order chi connectivity index (χ1) is 10.9. The fraction of sp³-hybridized carbons (Fsp3) is 0.625. The minimum atomic E-state index is 0. The van der Waals surface area contributed by atoms with Crippen LogP contribution in [0.3, 0.4) is 0 Å². The zero-order valence-corrected chi connectivity index (χ0v) is 13.8. The van der Waals surface area contributed by atoms with Crippen molar-refractivity contribution in [2.24, 2.45) is 0 Å². The third-order valence-electron chi connectivity index (χ3n) is 2.83. The molecule has 0 atom stereocenters. The van der Waals surface area contributed by atoms with Crippen molar-refractivity contribution >= 4 is 0 Å². The molecule has 1 aliphatic heterocycles. The molecule has 0 fully saturated rings. The van der Waals surface area contributed by atoms with Crippen LogP contribution in [0.5, 0.6) is 11.5 Å². The van der Waals surface area contributed by atoms with E-state index in [0.29, 0.717) is 77.6 Å². The van der Waals surface area contributed by atoms with Crippen LogP contribution in [0.1, 0.15) is 0 Å². The van der Waals surface area contributed by atoms with E-state index in [1.165, 1.54) is 0 Å². The monoisotopic (exact) mass is 318 g/mol. The van der Waals surface area contributed by atoms with E-state index < -0.39 is 0 Å². The van der Waals surface area contributed by atoms with E-state index in [0.717, 1.165) is 0 Å². The van der Waals surface area contributed by atoms with E-state index in [1.807, 2.05) is 18.2 Å². The SMILES string of the molecule is [Li+].[c-]1c2cccc1OCCOCCOCCOCCOCCO2. The molecule has 6 nitrogen and oxygen atoms in total. The second-order valence-electron chi connectivity index (χ2n) is 4.53. The molecule has 23 heavy (non-hydrogen) atoms. The summed E-state index contributed by atoms with van der Waals surface area (Å²) in [5, 5.41) is 0. The molecule has 0 amide bonds. The molecule has 0 unspecified atom stereocenters. The topological polar surface area (TPSA) is 55.4 Å². The van der Waals surface area contributed by atoms with Crippen LogP contribution < -0.4 is 28.3 Å². The largest absolute Gasteiger partial charge is 1.00 e. The van der Waals surface area contributed by atoms with E-state index in [1.54, 1.807) is 0 Å². The van der Waals surface area contributed by atoms with Gasteiger partial charge in [-0.3, -0.25) is 0 Å². The van der Waals surface area contributed by atoms with Gasteiger partial charge in [0, 0.05) is 11.5 Å². The minimum absolute atomic E-state index is 0. The van der Waals surface area contributed by atoms with Crippen LogP contribution in [0.15, 0.2) is 18.2 Å². The quantitative estimate of drug-likeness (QED) is 0.421. The number of rotatable bonds is 0. The molecule has 0 aliphatic carbocycles. The van der Waals surface area contributed by atoms with E-state index >= 15 is 0 Å². The van der Waals surface area contributed by atoms with Gasteiger partial charge >= 0.3 is 18.9 Å². The Morgan fingerprint density at radius 3 is 1.30 bits per heavy atom. The first kappa shape index (κ1) is 20.3. The van der Waals surface area contributed by atoms with Crippen LogP contribution in [0.4, 0.5) is 0 Å². The molecule has 124 valence electrons. The molecule has 0 spiro atoms. The van der Waals surface area contributed by atoms with Crippen molar-refractivity contribution in [2.45, 2.75) is 0 Å². The molecule has 1 aromatic carbocycles. The molecule has 1 aromatic rings. The second kappa shape index (κ2) is 13.7. The van der Waals surface area contributed by atoms with Gasteiger partial charge in [0.05, 0.1) is 52.9 Å². The van der Waals surface area contributed by atoms with Crippen molar-refractivity contribution < 1.29 is 47.3 Å². The average molecular weight is 318 g/mol. The van der Waals surface area contributed by atoms with Crippen LogP contribution >= 0.6 is 0 Å². The Morgan fingerprint density at radius 2 is 0.913 bits per heavy atom. The summed E-state index contributed by atoms with van der Waals surface area (Å²) in [6, 6.07) is 8.60. The van der Waals surface area contributed by atoms with Crippen molar-refractivity contribution in [1.29, 1.82) is 0 Å². The summed E-state index contributed by atoms with van der Waals surface area (Å²) in [5.41, 5.74) is 0. The van der Waals surface area contributed by atoms with Crippen LogP contribution in [0.25, 0.3) is 0 Å². The minimum Gasteiger partial charge on any atom is -0.517 e. The first-order valence-electron chi connectivity index (χ1n) is 7.54. The molecule has 2 rings (SSSR count). The van der Waals surface area contributed by atoms with Gasteiger partial charge in [0.1, 0.15) is 13.2 Å². The maximum atomic E-state index is 5.56. The summed E-state index contributed by atoms with van der Waals surface area (Å²) >= 11 is 0. The molecule has 0 saturated heterocycles. The molecule has 2 bridgehead atoms. The Balaban J connectivity index is 0.00000264. The average Bonchev–Trinajstić information content (AvgIpc) is 2.54. The van der Waals surface area contributed by atoms with Crippen molar-refractivity contribution in [3.63, 3.8) is 0 Å². The van der Waals surface area contributed by atoms with Crippen LogP contribution in [-0.4, -0.2) is 66.1 Å². The fourth-order valence-electron chi connectivity index (χ4n) is 1.78. The third-order valence-corrected chi connectivity index (χ3v) is 2.83. The van der Waals surface area contributed by atoms with Crippen molar-refractivity contribution in [3.05, 3.63) is 24.3 Å². The zero-order valence-electron chi connectivity index (χ0n) is 13.8. The molecule has 7 heteroatoms. The molecule has 0 aromatic heterocycles. The van der Waals surface area contributed by atoms with Gasteiger partial charge in [-0.05, 0) is 0 Å². The summed E-state index contributed by atoms with van der Waals surface area (Å²) in [7, 11) is 0. The molecule has 0 N–H and O–H groups in total. The predicted molar refractivity (Wildman–Crippen MR) is 79.5 cm³/mol. The summed E-state index contributed by atoms with van der Waals surface area (Å²) in [6.07, 6.45) is 0. The van der Waals surface area contributed by atoms with Gasteiger partial charge in [0.15, 0.2) is 0 Å². The Kier molecular flexibility index (Phi) is 12.1. The zero-order chi connectivity index (χ0) is 15.3. The number of fused-ring (bicyclic) bond motifs is 2. The van der Waals surface area contributed by atoms with E-state index in [9.17, 15) is 0 Å². The van der Waals surface area contributed by atoms with Gasteiger partial charge in [-0.2, -0.15) is 6.07 Å². The van der Waals surface area contributed by atoms with E-state index in [-0.39, 0.29) is 18.9 Å². The molecular formula is C16H23LiO6. The van der Waals surface area contributed by atoms with Gasteiger partial charge in [-0.1, -0.05) is 6.07 Å². The summed E-state index contributed by atoms with van der Waals surface area (Å²) in [5.74, 6) is 1.29. The molecule has 0 saturated carbocycles. The Hall–Kier alpha value is -0.743. The second-order valence-corrected chi connectivity index (χ2v) is 4.53.